The first-order valence-electron chi connectivity index (χ1n) is 12.7. The second-order valence-electron chi connectivity index (χ2n) is 9.22. The predicted molar refractivity (Wildman–Crippen MR) is 143 cm³/mol. The summed E-state index contributed by atoms with van der Waals surface area (Å²) in [5.74, 6) is 0.173. The van der Waals surface area contributed by atoms with Crippen LogP contribution in [0.25, 0.3) is 22.0 Å². The molecule has 40 heavy (non-hydrogen) atoms. The van der Waals surface area contributed by atoms with E-state index >= 15 is 0 Å². The average molecular weight is 558 g/mol. The molecule has 0 aliphatic heterocycles. The van der Waals surface area contributed by atoms with Crippen molar-refractivity contribution in [2.75, 3.05) is 13.2 Å². The van der Waals surface area contributed by atoms with Gasteiger partial charge in [-0.15, -0.1) is 0 Å². The molecule has 6 rings (SSSR count). The van der Waals surface area contributed by atoms with Gasteiger partial charge in [0, 0.05) is 28.3 Å². The lowest BCUT2D eigenvalue weighted by Gasteiger charge is -2.19. The number of sulfone groups is 1. The summed E-state index contributed by atoms with van der Waals surface area (Å²) in [4.78, 5) is 17.5. The molecule has 2 heterocycles. The molecule has 0 fully saturated rings. The molecule has 0 saturated heterocycles. The van der Waals surface area contributed by atoms with Crippen molar-refractivity contribution >= 4 is 26.4 Å². The Morgan fingerprint density at radius 3 is 2.38 bits per heavy atom. The zero-order valence-electron chi connectivity index (χ0n) is 21.1. The number of carbonyl (C=O) groups excluding carboxylic acids is 1. The van der Waals surface area contributed by atoms with E-state index in [9.17, 15) is 18.4 Å². The van der Waals surface area contributed by atoms with Crippen LogP contribution in [-0.2, 0) is 9.84 Å². The summed E-state index contributed by atoms with van der Waals surface area (Å²) in [6.45, 7) is 0.541. The summed E-state index contributed by atoms with van der Waals surface area (Å²) in [5.41, 5.74) is 2.83. The lowest BCUT2D eigenvalue weighted by atomic mass is 9.85. The number of pyridine rings is 1. The zero-order valence-corrected chi connectivity index (χ0v) is 22.0. The van der Waals surface area contributed by atoms with E-state index in [1.165, 1.54) is 12.1 Å². The molecule has 1 aliphatic carbocycles. The minimum absolute atomic E-state index is 0.0513. The quantitative estimate of drug-likeness (QED) is 0.176. The standard InChI is InChI=1S/C29H23N3O7S/c33-27-23-12-6-5-11-22(23)26-25-19(13-14-30-26)17-20(18-24(25)27)37-15-7-2-8-16-38-28-29(32(34)39-31-28)40(35,36)21-9-3-1-4-10-21/h1,3-6,9-14,17-18H,2,7-8,15-16H2. The smallest absolute Gasteiger partial charge is 0.414 e. The number of ether oxygens (including phenoxy) is 2. The van der Waals surface area contributed by atoms with E-state index in [0.29, 0.717) is 42.7 Å². The van der Waals surface area contributed by atoms with Gasteiger partial charge in [-0.2, -0.15) is 0 Å². The molecule has 0 saturated carbocycles. The van der Waals surface area contributed by atoms with Gasteiger partial charge < -0.3 is 14.7 Å². The maximum absolute atomic E-state index is 13.2. The molecule has 0 N–H and O–H groups in total. The topological polar surface area (TPSA) is 136 Å². The SMILES string of the molecule is O=C1c2ccccc2-c2nccc3cc(OCCCCCOc4no[n+]([O-])c4S(=O)(=O)c4ccccc4)cc1c23. The molecule has 10 nitrogen and oxygen atoms in total. The molecule has 202 valence electrons. The number of hydrogen-bond donors (Lipinski definition) is 0. The Morgan fingerprint density at radius 2 is 1.57 bits per heavy atom. The number of rotatable bonds is 10. The molecule has 2 aromatic heterocycles. The summed E-state index contributed by atoms with van der Waals surface area (Å²) in [5, 5.41) is 16.5. The maximum Gasteiger partial charge on any atom is 0.414 e. The zero-order chi connectivity index (χ0) is 27.7. The van der Waals surface area contributed by atoms with Crippen molar-refractivity contribution in [2.45, 2.75) is 29.2 Å². The number of hydrogen-bond acceptors (Lipinski definition) is 9. The predicted octanol–water partition coefficient (Wildman–Crippen LogP) is 4.53. The Morgan fingerprint density at radius 1 is 0.850 bits per heavy atom. The molecule has 0 spiro atoms. The molecule has 0 bridgehead atoms. The van der Waals surface area contributed by atoms with E-state index in [1.807, 2.05) is 36.4 Å². The fraction of sp³-hybridized carbons (Fsp3) is 0.172. The number of aromatic nitrogens is 3. The van der Waals surface area contributed by atoms with Gasteiger partial charge in [0.1, 0.15) is 5.75 Å². The van der Waals surface area contributed by atoms with Crippen LogP contribution in [0.1, 0.15) is 35.2 Å². The van der Waals surface area contributed by atoms with Gasteiger partial charge in [-0.25, -0.2) is 8.42 Å². The van der Waals surface area contributed by atoms with Crippen LogP contribution in [0, 0.1) is 5.21 Å². The van der Waals surface area contributed by atoms with Gasteiger partial charge in [0.05, 0.1) is 29.0 Å². The summed E-state index contributed by atoms with van der Waals surface area (Å²) in [7, 11) is -4.16. The lowest BCUT2D eigenvalue weighted by molar-refractivity contribution is -0.832. The van der Waals surface area contributed by atoms with Gasteiger partial charge in [0.25, 0.3) is 9.84 Å². The van der Waals surface area contributed by atoms with Crippen LogP contribution >= 0.6 is 0 Å². The fourth-order valence-corrected chi connectivity index (χ4v) is 6.06. The first-order valence-corrected chi connectivity index (χ1v) is 14.2. The fourth-order valence-electron chi connectivity index (χ4n) is 4.77. The number of nitrogens with zero attached hydrogens (tertiary/aromatic N) is 3. The van der Waals surface area contributed by atoms with Gasteiger partial charge in [-0.05, 0) is 59.9 Å². The summed E-state index contributed by atoms with van der Waals surface area (Å²) >= 11 is 0. The van der Waals surface area contributed by atoms with Crippen LogP contribution in [0.3, 0.4) is 0 Å². The van der Waals surface area contributed by atoms with Crippen molar-refractivity contribution in [3.63, 3.8) is 0 Å². The van der Waals surface area contributed by atoms with Gasteiger partial charge in [0.2, 0.25) is 0 Å². The second-order valence-corrected chi connectivity index (χ2v) is 11.1. The van der Waals surface area contributed by atoms with E-state index in [-0.39, 0.29) is 28.1 Å². The highest BCUT2D eigenvalue weighted by molar-refractivity contribution is 7.91. The van der Waals surface area contributed by atoms with Crippen molar-refractivity contribution in [2.24, 2.45) is 0 Å². The summed E-state index contributed by atoms with van der Waals surface area (Å²) in [6, 6.07) is 20.5. The van der Waals surface area contributed by atoms with Crippen LogP contribution < -0.4 is 14.4 Å². The molecule has 11 heteroatoms. The first-order chi connectivity index (χ1) is 19.4. The number of benzene rings is 3. The number of ketones is 1. The lowest BCUT2D eigenvalue weighted by Crippen LogP contribution is -2.30. The van der Waals surface area contributed by atoms with E-state index in [0.717, 1.165) is 22.0 Å². The molecular formula is C29H23N3O7S. The number of carbonyl (C=O) groups is 1. The van der Waals surface area contributed by atoms with Crippen LogP contribution in [0.15, 0.2) is 93.5 Å². The third-order valence-electron chi connectivity index (χ3n) is 6.66. The molecular weight excluding hydrogens is 534 g/mol. The van der Waals surface area contributed by atoms with Gasteiger partial charge in [0.15, 0.2) is 5.78 Å². The van der Waals surface area contributed by atoms with Crippen molar-refractivity contribution in [3.8, 4) is 22.9 Å². The Bertz CT molecular complexity index is 1840. The summed E-state index contributed by atoms with van der Waals surface area (Å²) < 4.78 is 41.6. The number of fused-ring (bicyclic) bond motifs is 2. The molecule has 5 aromatic rings. The number of unbranched alkanes of at least 4 members (excludes halogenated alkanes) is 2. The Balaban J connectivity index is 1.05. The minimum Gasteiger partial charge on any atom is -0.494 e. The highest BCUT2D eigenvalue weighted by Gasteiger charge is 2.35. The average Bonchev–Trinajstić information content (AvgIpc) is 3.36. The van der Waals surface area contributed by atoms with E-state index in [1.54, 1.807) is 30.5 Å². The van der Waals surface area contributed by atoms with Crippen molar-refractivity contribution in [3.05, 3.63) is 95.3 Å². The van der Waals surface area contributed by atoms with Gasteiger partial charge >= 0.3 is 10.9 Å². The molecule has 0 unspecified atom stereocenters. The Hall–Kier alpha value is -4.77. The highest BCUT2D eigenvalue weighted by atomic mass is 32.2. The van der Waals surface area contributed by atoms with Crippen molar-refractivity contribution < 1.29 is 32.2 Å². The highest BCUT2D eigenvalue weighted by Crippen LogP contribution is 2.39. The molecule has 0 atom stereocenters. The Labute approximate surface area is 229 Å². The Kier molecular flexibility index (Phi) is 6.64. The third-order valence-corrected chi connectivity index (χ3v) is 8.38. The summed E-state index contributed by atoms with van der Waals surface area (Å²) in [6.07, 6.45) is 3.69. The van der Waals surface area contributed by atoms with Crippen molar-refractivity contribution in [1.29, 1.82) is 0 Å². The maximum atomic E-state index is 13.2. The van der Waals surface area contributed by atoms with Gasteiger partial charge in [-0.1, -0.05) is 42.5 Å². The second kappa shape index (κ2) is 10.4. The van der Waals surface area contributed by atoms with Crippen LogP contribution in [0.2, 0.25) is 0 Å². The van der Waals surface area contributed by atoms with Crippen molar-refractivity contribution in [1.82, 2.24) is 10.1 Å². The van der Waals surface area contributed by atoms with Crippen LogP contribution in [0.5, 0.6) is 11.6 Å². The minimum atomic E-state index is -4.16. The van der Waals surface area contributed by atoms with E-state index in [4.69, 9.17) is 9.47 Å². The molecule has 1 aliphatic rings. The monoisotopic (exact) mass is 557 g/mol. The van der Waals surface area contributed by atoms with E-state index in [2.05, 4.69) is 14.8 Å². The normalized spacial score (nSPS) is 12.3. The molecule has 3 aromatic carbocycles. The van der Waals surface area contributed by atoms with Gasteiger partial charge in [-0.3, -0.25) is 14.4 Å². The largest absolute Gasteiger partial charge is 0.494 e. The van der Waals surface area contributed by atoms with E-state index < -0.39 is 14.9 Å². The molecule has 0 amide bonds. The van der Waals surface area contributed by atoms with Crippen LogP contribution in [-0.4, -0.2) is 37.6 Å². The van der Waals surface area contributed by atoms with Crippen LogP contribution in [0.4, 0.5) is 0 Å². The molecule has 0 radical (unpaired) electrons. The first kappa shape index (κ1) is 25.5. The third kappa shape index (κ3) is 4.54.